The van der Waals surface area contributed by atoms with Gasteiger partial charge in [0.05, 0.1) is 24.5 Å². The van der Waals surface area contributed by atoms with Crippen molar-refractivity contribution in [2.45, 2.75) is 18.9 Å². The number of carbonyl (C=O) groups excluding carboxylic acids is 1. The molecule has 0 radical (unpaired) electrons. The van der Waals surface area contributed by atoms with Crippen LogP contribution in [-0.2, 0) is 17.6 Å². The Hall–Kier alpha value is -1.82. The molecule has 1 aliphatic rings. The van der Waals surface area contributed by atoms with Crippen LogP contribution >= 0.6 is 24.8 Å². The Morgan fingerprint density at radius 3 is 2.62 bits per heavy atom. The zero-order chi connectivity index (χ0) is 15.5. The van der Waals surface area contributed by atoms with Crippen LogP contribution < -0.4 is 15.4 Å². The minimum Gasteiger partial charge on any atom is -0.497 e. The van der Waals surface area contributed by atoms with E-state index in [2.05, 4.69) is 4.98 Å². The van der Waals surface area contributed by atoms with E-state index in [4.69, 9.17) is 10.5 Å². The number of carbonyl (C=O) groups is 1. The van der Waals surface area contributed by atoms with Gasteiger partial charge in [0.15, 0.2) is 0 Å². The van der Waals surface area contributed by atoms with Crippen LogP contribution in [0.15, 0.2) is 42.6 Å². The highest BCUT2D eigenvalue weighted by atomic mass is 35.5. The van der Waals surface area contributed by atoms with Crippen LogP contribution in [0.2, 0.25) is 0 Å². The number of hydrogen-bond acceptors (Lipinski definition) is 4. The Morgan fingerprint density at radius 2 is 1.96 bits per heavy atom. The lowest BCUT2D eigenvalue weighted by Gasteiger charge is -2.31. The molecule has 3 rings (SSSR count). The number of rotatable bonds is 4. The zero-order valence-electron chi connectivity index (χ0n) is 13.3. The first-order chi connectivity index (χ1) is 10.7. The maximum atomic E-state index is 12.4. The van der Waals surface area contributed by atoms with Gasteiger partial charge in [-0.25, -0.2) is 0 Å². The molecule has 2 N–H and O–H groups in total. The van der Waals surface area contributed by atoms with Crippen molar-refractivity contribution in [3.8, 4) is 5.75 Å². The number of ether oxygens (including phenoxy) is 1. The predicted molar refractivity (Wildman–Crippen MR) is 99.5 cm³/mol. The van der Waals surface area contributed by atoms with Crippen molar-refractivity contribution >= 4 is 36.4 Å². The van der Waals surface area contributed by atoms with E-state index >= 15 is 0 Å². The minimum atomic E-state index is -0.502. The molecule has 0 aliphatic carbocycles. The van der Waals surface area contributed by atoms with Crippen LogP contribution in [0.5, 0.6) is 5.75 Å². The van der Waals surface area contributed by atoms with Crippen molar-refractivity contribution in [2.75, 3.05) is 18.6 Å². The van der Waals surface area contributed by atoms with Gasteiger partial charge in [-0.3, -0.25) is 9.78 Å². The highest BCUT2D eigenvalue weighted by molar-refractivity contribution is 5.99. The second-order valence-corrected chi connectivity index (χ2v) is 5.37. The van der Waals surface area contributed by atoms with Crippen LogP contribution in [0.1, 0.15) is 11.3 Å². The fourth-order valence-electron chi connectivity index (χ4n) is 2.71. The molecule has 1 aliphatic heterocycles. The summed E-state index contributed by atoms with van der Waals surface area (Å²) >= 11 is 0. The van der Waals surface area contributed by atoms with Gasteiger partial charge in [0.1, 0.15) is 5.75 Å². The van der Waals surface area contributed by atoms with Crippen LogP contribution in [-0.4, -0.2) is 30.6 Å². The van der Waals surface area contributed by atoms with Gasteiger partial charge in [0.25, 0.3) is 0 Å². The van der Waals surface area contributed by atoms with Crippen LogP contribution in [0.4, 0.5) is 5.69 Å². The average molecular weight is 370 g/mol. The maximum Gasteiger partial charge on any atom is 0.244 e. The van der Waals surface area contributed by atoms with Crippen molar-refractivity contribution in [1.29, 1.82) is 0 Å². The summed E-state index contributed by atoms with van der Waals surface area (Å²) in [6.07, 6.45) is 3.01. The molecular formula is C17H21Cl2N3O2. The molecule has 0 saturated heterocycles. The number of anilines is 1. The number of halogens is 2. The summed E-state index contributed by atoms with van der Waals surface area (Å²) in [5, 5.41) is 0. The Bertz CT molecular complexity index is 680. The molecule has 2 aromatic rings. The van der Waals surface area contributed by atoms with E-state index in [0.717, 1.165) is 29.1 Å². The van der Waals surface area contributed by atoms with E-state index in [9.17, 15) is 4.79 Å². The molecule has 130 valence electrons. The molecule has 24 heavy (non-hydrogen) atoms. The molecule has 5 nitrogen and oxygen atoms in total. The molecular weight excluding hydrogens is 349 g/mol. The molecule has 1 aromatic carbocycles. The summed E-state index contributed by atoms with van der Waals surface area (Å²) in [6, 6.07) is 11.2. The molecule has 1 unspecified atom stereocenters. The van der Waals surface area contributed by atoms with Crippen molar-refractivity contribution < 1.29 is 9.53 Å². The summed E-state index contributed by atoms with van der Waals surface area (Å²) in [5.41, 5.74) is 8.86. The monoisotopic (exact) mass is 369 g/mol. The van der Waals surface area contributed by atoms with Gasteiger partial charge in [-0.05, 0) is 36.2 Å². The summed E-state index contributed by atoms with van der Waals surface area (Å²) in [5.74, 6) is 0.795. The average Bonchev–Trinajstić information content (AvgIpc) is 2.56. The number of benzene rings is 1. The number of nitrogens with zero attached hydrogens (tertiary/aromatic N) is 2. The van der Waals surface area contributed by atoms with Crippen LogP contribution in [0.3, 0.4) is 0 Å². The Morgan fingerprint density at radius 1 is 1.25 bits per heavy atom. The Labute approximate surface area is 154 Å². The molecule has 7 heteroatoms. The minimum absolute atomic E-state index is 0. The van der Waals surface area contributed by atoms with Crippen LogP contribution in [0, 0.1) is 0 Å². The normalized spacial score (nSPS) is 15.8. The van der Waals surface area contributed by atoms with E-state index in [0.29, 0.717) is 13.0 Å². The van der Waals surface area contributed by atoms with Gasteiger partial charge >= 0.3 is 0 Å². The van der Waals surface area contributed by atoms with Gasteiger partial charge in [-0.2, -0.15) is 0 Å². The number of methoxy groups -OCH3 is 1. The summed E-state index contributed by atoms with van der Waals surface area (Å²) in [6.45, 7) is 0.595. The molecule has 0 fully saturated rings. The molecule has 1 amide bonds. The number of pyridine rings is 1. The Balaban J connectivity index is 0.00000144. The number of amides is 1. The van der Waals surface area contributed by atoms with E-state index in [1.807, 2.05) is 36.4 Å². The first-order valence-corrected chi connectivity index (χ1v) is 7.33. The molecule has 2 heterocycles. The second-order valence-electron chi connectivity index (χ2n) is 5.37. The molecule has 0 spiro atoms. The third-order valence-corrected chi connectivity index (χ3v) is 3.94. The number of hydrogen-bond donors (Lipinski definition) is 1. The first-order valence-electron chi connectivity index (χ1n) is 7.33. The smallest absolute Gasteiger partial charge is 0.244 e. The van der Waals surface area contributed by atoms with Gasteiger partial charge in [0, 0.05) is 19.2 Å². The van der Waals surface area contributed by atoms with Gasteiger partial charge in [0.2, 0.25) is 5.91 Å². The fraction of sp³-hybridized carbons (Fsp3) is 0.294. The Kier molecular flexibility index (Phi) is 7.48. The highest BCUT2D eigenvalue weighted by Gasteiger charge is 2.30. The largest absolute Gasteiger partial charge is 0.497 e. The fourth-order valence-corrected chi connectivity index (χ4v) is 2.71. The molecule has 0 bridgehead atoms. The summed E-state index contributed by atoms with van der Waals surface area (Å²) in [7, 11) is 1.65. The molecule has 1 atom stereocenters. The van der Waals surface area contributed by atoms with E-state index in [1.165, 1.54) is 0 Å². The predicted octanol–water partition coefficient (Wildman–Crippen LogP) is 2.39. The SMILES string of the molecule is COc1ccc(CCN2C(=O)C(N)Cc3ncccc32)cc1.Cl.Cl. The van der Waals surface area contributed by atoms with Gasteiger partial charge in [-0.1, -0.05) is 12.1 Å². The third-order valence-electron chi connectivity index (χ3n) is 3.94. The molecule has 1 aromatic heterocycles. The summed E-state index contributed by atoms with van der Waals surface area (Å²) in [4.78, 5) is 18.5. The topological polar surface area (TPSA) is 68.5 Å². The standard InChI is InChI=1S/C17H19N3O2.2ClH/c1-22-13-6-4-12(5-7-13)8-10-20-16-3-2-9-19-15(16)11-14(18)17(20)21;;/h2-7,9,14H,8,10-11,18H2,1H3;2*1H. The zero-order valence-corrected chi connectivity index (χ0v) is 15.0. The number of fused-ring (bicyclic) bond motifs is 1. The van der Waals surface area contributed by atoms with Crippen molar-refractivity contribution in [3.63, 3.8) is 0 Å². The first kappa shape index (κ1) is 20.2. The quantitative estimate of drug-likeness (QED) is 0.898. The number of aromatic nitrogens is 1. The van der Waals surface area contributed by atoms with E-state index in [1.54, 1.807) is 18.2 Å². The lowest BCUT2D eigenvalue weighted by molar-refractivity contribution is -0.120. The van der Waals surface area contributed by atoms with E-state index in [-0.39, 0.29) is 30.7 Å². The lowest BCUT2D eigenvalue weighted by Crippen LogP contribution is -2.49. The third kappa shape index (κ3) is 4.17. The summed E-state index contributed by atoms with van der Waals surface area (Å²) < 4.78 is 5.15. The van der Waals surface area contributed by atoms with Gasteiger partial charge in [-0.15, -0.1) is 24.8 Å². The van der Waals surface area contributed by atoms with Crippen LogP contribution in [0.25, 0.3) is 0 Å². The van der Waals surface area contributed by atoms with E-state index < -0.39 is 6.04 Å². The maximum absolute atomic E-state index is 12.4. The van der Waals surface area contributed by atoms with Crippen molar-refractivity contribution in [1.82, 2.24) is 4.98 Å². The van der Waals surface area contributed by atoms with Crippen molar-refractivity contribution in [3.05, 3.63) is 53.9 Å². The number of nitrogens with two attached hydrogens (primary N) is 1. The van der Waals surface area contributed by atoms with Gasteiger partial charge < -0.3 is 15.4 Å². The highest BCUT2D eigenvalue weighted by Crippen LogP contribution is 2.25. The second kappa shape index (κ2) is 8.87. The molecule has 0 saturated carbocycles. The lowest BCUT2D eigenvalue weighted by atomic mass is 10.0. The van der Waals surface area contributed by atoms with Crippen molar-refractivity contribution in [2.24, 2.45) is 5.73 Å².